The Hall–Kier alpha value is -3.47. The fraction of sp³-hybridized carbons (Fsp3) is 0.370. The first-order chi connectivity index (χ1) is 15.9. The molecule has 7 heteroatoms. The minimum absolute atomic E-state index is 0.206. The summed E-state index contributed by atoms with van der Waals surface area (Å²) in [6.07, 6.45) is -0.881. The van der Waals surface area contributed by atoms with E-state index in [4.69, 9.17) is 14.2 Å². The number of carbonyl (C=O) groups is 3. The predicted molar refractivity (Wildman–Crippen MR) is 124 cm³/mol. The molecular formula is C27H27NO6. The van der Waals surface area contributed by atoms with Crippen LogP contribution in [0.15, 0.2) is 54.6 Å². The van der Waals surface area contributed by atoms with E-state index in [1.54, 1.807) is 58.9 Å². The SMILES string of the molecule is CC(C)(C)OC(=O)[C@@]1(C#CCN2C(=O)c3ccccc3C2=O)OC(C)(C)O[C@@H]1c1ccccc1. The number of esters is 1. The fourth-order valence-electron chi connectivity index (χ4n) is 4.04. The molecule has 0 spiro atoms. The third-order valence-electron chi connectivity index (χ3n) is 5.37. The summed E-state index contributed by atoms with van der Waals surface area (Å²) < 4.78 is 18.0. The van der Waals surface area contributed by atoms with Crippen molar-refractivity contribution in [2.75, 3.05) is 6.54 Å². The molecule has 0 aromatic heterocycles. The lowest BCUT2D eigenvalue weighted by Gasteiger charge is -2.30. The van der Waals surface area contributed by atoms with Gasteiger partial charge in [0.2, 0.25) is 0 Å². The molecule has 2 atom stereocenters. The molecule has 2 aliphatic heterocycles. The number of imide groups is 1. The summed E-state index contributed by atoms with van der Waals surface area (Å²) in [5, 5.41) is 0. The molecule has 2 amide bonds. The number of hydrogen-bond donors (Lipinski definition) is 0. The Morgan fingerprint density at radius 3 is 2.12 bits per heavy atom. The largest absolute Gasteiger partial charge is 0.457 e. The lowest BCUT2D eigenvalue weighted by molar-refractivity contribution is -0.188. The standard InChI is InChI=1S/C27H27NO6/c1-25(2,3)33-24(31)27(21(32-26(4,5)34-27)18-12-7-6-8-13-18)16-11-17-28-22(29)19-14-9-10-15-20(19)23(28)30/h6-10,12-15,21H,17H2,1-5H3/t21-,27+/m1/s1. The van der Waals surface area contributed by atoms with Gasteiger partial charge in [0.1, 0.15) is 11.7 Å². The van der Waals surface area contributed by atoms with Crippen LogP contribution in [-0.4, -0.2) is 46.2 Å². The van der Waals surface area contributed by atoms with Crippen LogP contribution < -0.4 is 0 Å². The number of rotatable bonds is 3. The van der Waals surface area contributed by atoms with Crippen LogP contribution in [0.2, 0.25) is 0 Å². The van der Waals surface area contributed by atoms with Crippen LogP contribution in [-0.2, 0) is 19.0 Å². The van der Waals surface area contributed by atoms with Gasteiger partial charge in [-0.05, 0) is 52.3 Å². The van der Waals surface area contributed by atoms with Gasteiger partial charge in [-0.15, -0.1) is 0 Å². The van der Waals surface area contributed by atoms with Gasteiger partial charge in [-0.1, -0.05) is 54.3 Å². The molecule has 1 saturated heterocycles. The molecule has 0 aliphatic carbocycles. The van der Waals surface area contributed by atoms with E-state index >= 15 is 0 Å². The molecule has 2 aliphatic rings. The van der Waals surface area contributed by atoms with E-state index in [-0.39, 0.29) is 6.54 Å². The molecule has 2 heterocycles. The highest BCUT2D eigenvalue weighted by Gasteiger charge is 2.60. The second-order valence-corrected chi connectivity index (χ2v) is 9.69. The maximum Gasteiger partial charge on any atom is 0.355 e. The lowest BCUT2D eigenvalue weighted by Crippen LogP contribution is -2.47. The minimum atomic E-state index is -1.79. The summed E-state index contributed by atoms with van der Waals surface area (Å²) in [6.45, 7) is 8.44. The molecule has 2 aromatic carbocycles. The van der Waals surface area contributed by atoms with Gasteiger partial charge in [0.25, 0.3) is 17.4 Å². The molecule has 7 nitrogen and oxygen atoms in total. The predicted octanol–water partition coefficient (Wildman–Crippen LogP) is 3.89. The zero-order chi connectivity index (χ0) is 24.7. The van der Waals surface area contributed by atoms with Gasteiger partial charge in [0.15, 0.2) is 5.79 Å². The Morgan fingerprint density at radius 2 is 1.56 bits per heavy atom. The Labute approximate surface area is 199 Å². The van der Waals surface area contributed by atoms with Gasteiger partial charge >= 0.3 is 5.97 Å². The van der Waals surface area contributed by atoms with Crippen molar-refractivity contribution in [3.8, 4) is 11.8 Å². The second kappa shape index (κ2) is 8.39. The van der Waals surface area contributed by atoms with Crippen LogP contribution in [0.1, 0.15) is 67.0 Å². The Morgan fingerprint density at radius 1 is 1.00 bits per heavy atom. The quantitative estimate of drug-likeness (QED) is 0.392. The highest BCUT2D eigenvalue weighted by molar-refractivity contribution is 6.21. The first-order valence-corrected chi connectivity index (χ1v) is 11.1. The van der Waals surface area contributed by atoms with Gasteiger partial charge in [-0.2, -0.15) is 0 Å². The molecule has 176 valence electrons. The Bertz CT molecular complexity index is 1170. The molecule has 2 aromatic rings. The Balaban J connectivity index is 1.72. The minimum Gasteiger partial charge on any atom is -0.457 e. The lowest BCUT2D eigenvalue weighted by atomic mass is 9.91. The second-order valence-electron chi connectivity index (χ2n) is 9.69. The van der Waals surface area contributed by atoms with Gasteiger partial charge < -0.3 is 14.2 Å². The van der Waals surface area contributed by atoms with Gasteiger partial charge in [-0.3, -0.25) is 14.5 Å². The number of amides is 2. The zero-order valence-electron chi connectivity index (χ0n) is 19.9. The summed E-state index contributed by atoms with van der Waals surface area (Å²) in [5.41, 5.74) is -1.24. The van der Waals surface area contributed by atoms with Crippen molar-refractivity contribution >= 4 is 17.8 Å². The van der Waals surface area contributed by atoms with Crippen molar-refractivity contribution in [1.29, 1.82) is 0 Å². The topological polar surface area (TPSA) is 82.1 Å². The van der Waals surface area contributed by atoms with Crippen LogP contribution >= 0.6 is 0 Å². The van der Waals surface area contributed by atoms with Crippen LogP contribution in [0.3, 0.4) is 0 Å². The zero-order valence-corrected chi connectivity index (χ0v) is 19.9. The van der Waals surface area contributed by atoms with Crippen molar-refractivity contribution in [3.05, 3.63) is 71.3 Å². The first-order valence-electron chi connectivity index (χ1n) is 11.1. The van der Waals surface area contributed by atoms with Crippen LogP contribution in [0, 0.1) is 11.8 Å². The molecule has 0 N–H and O–H groups in total. The molecule has 0 unspecified atom stereocenters. The van der Waals surface area contributed by atoms with Gasteiger partial charge in [0, 0.05) is 0 Å². The Kier molecular flexibility index (Phi) is 5.84. The van der Waals surface area contributed by atoms with E-state index in [2.05, 4.69) is 11.8 Å². The summed E-state index contributed by atoms with van der Waals surface area (Å²) >= 11 is 0. The smallest absolute Gasteiger partial charge is 0.355 e. The van der Waals surface area contributed by atoms with Crippen molar-refractivity contribution in [2.24, 2.45) is 0 Å². The molecule has 4 rings (SSSR count). The molecule has 34 heavy (non-hydrogen) atoms. The van der Waals surface area contributed by atoms with Gasteiger partial charge in [-0.25, -0.2) is 4.79 Å². The molecule has 1 fully saturated rings. The maximum absolute atomic E-state index is 13.5. The fourth-order valence-corrected chi connectivity index (χ4v) is 4.04. The van der Waals surface area contributed by atoms with E-state index in [0.29, 0.717) is 16.7 Å². The maximum atomic E-state index is 13.5. The number of carbonyl (C=O) groups excluding carboxylic acids is 3. The monoisotopic (exact) mass is 461 g/mol. The van der Waals surface area contributed by atoms with Crippen LogP contribution in [0.4, 0.5) is 0 Å². The summed E-state index contributed by atoms with van der Waals surface area (Å²) in [6, 6.07) is 15.8. The van der Waals surface area contributed by atoms with Crippen molar-refractivity contribution in [1.82, 2.24) is 4.90 Å². The van der Waals surface area contributed by atoms with Gasteiger partial charge in [0.05, 0.1) is 17.7 Å². The van der Waals surface area contributed by atoms with E-state index in [1.165, 1.54) is 0 Å². The van der Waals surface area contributed by atoms with E-state index < -0.39 is 40.9 Å². The van der Waals surface area contributed by atoms with E-state index in [1.807, 2.05) is 30.3 Å². The number of benzene rings is 2. The number of ether oxygens (including phenoxy) is 3. The third kappa shape index (κ3) is 4.35. The highest BCUT2D eigenvalue weighted by Crippen LogP contribution is 2.46. The summed E-state index contributed by atoms with van der Waals surface area (Å²) in [4.78, 5) is 40.0. The van der Waals surface area contributed by atoms with E-state index in [0.717, 1.165) is 4.90 Å². The van der Waals surface area contributed by atoms with Crippen molar-refractivity contribution in [2.45, 2.75) is 57.7 Å². The van der Waals surface area contributed by atoms with Crippen LogP contribution in [0.5, 0.6) is 0 Å². The summed E-state index contributed by atoms with van der Waals surface area (Å²) in [5.74, 6) is 3.05. The van der Waals surface area contributed by atoms with Crippen molar-refractivity contribution < 1.29 is 28.6 Å². The normalized spacial score (nSPS) is 23.3. The van der Waals surface area contributed by atoms with Crippen molar-refractivity contribution in [3.63, 3.8) is 0 Å². The highest BCUT2D eigenvalue weighted by atomic mass is 16.8. The molecule has 0 radical (unpaired) electrons. The van der Waals surface area contributed by atoms with E-state index in [9.17, 15) is 14.4 Å². The average molecular weight is 462 g/mol. The average Bonchev–Trinajstić information content (AvgIpc) is 3.19. The molecule has 0 saturated carbocycles. The third-order valence-corrected chi connectivity index (χ3v) is 5.37. The number of nitrogens with zero attached hydrogens (tertiary/aromatic N) is 1. The molecular weight excluding hydrogens is 434 g/mol. The first kappa shape index (κ1) is 23.7. The number of fused-ring (bicyclic) bond motifs is 1. The molecule has 0 bridgehead atoms. The van der Waals surface area contributed by atoms with Crippen LogP contribution in [0.25, 0.3) is 0 Å². The number of hydrogen-bond acceptors (Lipinski definition) is 6. The summed E-state index contributed by atoms with van der Waals surface area (Å²) in [7, 11) is 0.